The van der Waals surface area contributed by atoms with Gasteiger partial charge in [-0.15, -0.1) is 22.7 Å². The van der Waals surface area contributed by atoms with Gasteiger partial charge in [0.25, 0.3) is 5.91 Å². The number of aromatic nitrogens is 1. The predicted octanol–water partition coefficient (Wildman–Crippen LogP) is 2.96. The van der Waals surface area contributed by atoms with E-state index in [1.807, 2.05) is 25.1 Å². The first-order chi connectivity index (χ1) is 18.7. The molecule has 1 fully saturated rings. The Morgan fingerprint density at radius 1 is 1.23 bits per heavy atom. The first kappa shape index (κ1) is 28.7. The van der Waals surface area contributed by atoms with Crippen LogP contribution in [0.15, 0.2) is 34.6 Å². The number of rotatable bonds is 11. The average molecular weight is 570 g/mol. The molecule has 39 heavy (non-hydrogen) atoms. The monoisotopic (exact) mass is 569 g/mol. The maximum absolute atomic E-state index is 13.5. The van der Waals surface area contributed by atoms with Crippen molar-refractivity contribution in [3.05, 3.63) is 50.8 Å². The highest BCUT2D eigenvalue weighted by Crippen LogP contribution is 2.37. The number of thiazole rings is 1. The number of ketones is 1. The van der Waals surface area contributed by atoms with Crippen molar-refractivity contribution in [3.8, 4) is 0 Å². The van der Waals surface area contributed by atoms with E-state index < -0.39 is 5.92 Å². The van der Waals surface area contributed by atoms with Gasteiger partial charge in [0.2, 0.25) is 5.91 Å². The summed E-state index contributed by atoms with van der Waals surface area (Å²) >= 11 is 2.83. The van der Waals surface area contributed by atoms with Crippen LogP contribution in [0.3, 0.4) is 0 Å². The van der Waals surface area contributed by atoms with E-state index >= 15 is 0 Å². The molecule has 10 nitrogen and oxygen atoms in total. The number of unbranched alkanes of at least 4 members (excludes halogenated alkanes) is 1. The summed E-state index contributed by atoms with van der Waals surface area (Å²) in [7, 11) is 1.56. The second kappa shape index (κ2) is 12.7. The minimum Gasteiger partial charge on any atom is -0.370 e. The number of amides is 2. The van der Waals surface area contributed by atoms with Gasteiger partial charge in [-0.3, -0.25) is 19.4 Å². The average Bonchev–Trinajstić information content (AvgIpc) is 3.64. The Kier molecular flexibility index (Phi) is 9.31. The molecule has 3 aromatic rings. The van der Waals surface area contributed by atoms with Gasteiger partial charge in [-0.1, -0.05) is 18.6 Å². The molecule has 1 saturated heterocycles. The number of hydrogen-bond donors (Lipinski definition) is 4. The van der Waals surface area contributed by atoms with E-state index in [4.69, 9.17) is 17.2 Å². The standard InChI is InChI=1S/C27H35N7O3S2/c1-15-6-7-16-11-23(39-22(16)9-15)26(37)34-13-18(28)12-20(34)25-33-19(14-38-25)21(35)10-17(24(36)31-2)5-3-4-8-32-27(29)30/h6-7,9,11,14,17-18,20H,3-5,8,10,12-13,28H2,1-2H3,(H,31,36)(H4,29,30,32)/t17-,18-,20+/m1/s1. The van der Waals surface area contributed by atoms with Crippen LogP contribution < -0.4 is 22.5 Å². The number of hydrogen-bond acceptors (Lipinski definition) is 8. The van der Waals surface area contributed by atoms with E-state index in [1.54, 1.807) is 17.3 Å². The number of carbonyl (C=O) groups excluding carboxylic acids is 3. The van der Waals surface area contributed by atoms with Crippen molar-refractivity contribution in [2.45, 2.75) is 51.1 Å². The maximum atomic E-state index is 13.5. The third-order valence-electron chi connectivity index (χ3n) is 6.88. The Morgan fingerprint density at radius 2 is 2.03 bits per heavy atom. The van der Waals surface area contributed by atoms with Crippen LogP contribution in [-0.4, -0.2) is 59.6 Å². The number of benzene rings is 1. The number of aliphatic imine (C=N–C) groups is 1. The molecule has 0 bridgehead atoms. The molecule has 0 radical (unpaired) electrons. The quantitative estimate of drug-likeness (QED) is 0.119. The molecule has 4 rings (SSSR count). The number of carbonyl (C=O) groups is 3. The molecular weight excluding hydrogens is 534 g/mol. The largest absolute Gasteiger partial charge is 0.370 e. The van der Waals surface area contributed by atoms with E-state index in [9.17, 15) is 14.4 Å². The summed E-state index contributed by atoms with van der Waals surface area (Å²) in [5.41, 5.74) is 18.4. The Balaban J connectivity index is 1.44. The van der Waals surface area contributed by atoms with Gasteiger partial charge in [0.15, 0.2) is 11.7 Å². The summed E-state index contributed by atoms with van der Waals surface area (Å²) in [5, 5.41) is 6.09. The highest BCUT2D eigenvalue weighted by Gasteiger charge is 2.37. The zero-order valence-corrected chi connectivity index (χ0v) is 23.8. The van der Waals surface area contributed by atoms with E-state index in [0.29, 0.717) is 54.4 Å². The van der Waals surface area contributed by atoms with E-state index in [0.717, 1.165) is 15.6 Å². The zero-order chi connectivity index (χ0) is 28.1. The van der Waals surface area contributed by atoms with Crippen LogP contribution in [0.2, 0.25) is 0 Å². The van der Waals surface area contributed by atoms with Gasteiger partial charge in [-0.05, 0) is 49.3 Å². The van der Waals surface area contributed by atoms with Gasteiger partial charge in [0, 0.05) is 48.6 Å². The predicted molar refractivity (Wildman–Crippen MR) is 156 cm³/mol. The maximum Gasteiger partial charge on any atom is 0.264 e. The Hall–Kier alpha value is -3.35. The Bertz CT molecular complexity index is 1380. The molecule has 0 unspecified atom stereocenters. The second-order valence-corrected chi connectivity index (χ2v) is 11.9. The highest BCUT2D eigenvalue weighted by atomic mass is 32.1. The SMILES string of the molecule is CNC(=O)[C@H](CCCCN=C(N)N)CC(=O)c1csc([C@@H]2C[C@@H](N)CN2C(=O)c2cc3ccc(C)cc3s2)n1. The number of likely N-dealkylation sites (tertiary alicyclic amines) is 1. The second-order valence-electron chi connectivity index (χ2n) is 9.93. The third-order valence-corrected chi connectivity index (χ3v) is 8.91. The van der Waals surface area contributed by atoms with Crippen LogP contribution in [0.25, 0.3) is 10.1 Å². The summed E-state index contributed by atoms with van der Waals surface area (Å²) in [6.07, 6.45) is 2.59. The van der Waals surface area contributed by atoms with Gasteiger partial charge in [0.05, 0.1) is 10.9 Å². The lowest BCUT2D eigenvalue weighted by Crippen LogP contribution is -2.32. The molecular formula is C27H35N7O3S2. The number of nitrogens with zero attached hydrogens (tertiary/aromatic N) is 3. The summed E-state index contributed by atoms with van der Waals surface area (Å²) in [5.74, 6) is -0.889. The van der Waals surface area contributed by atoms with Gasteiger partial charge in [-0.25, -0.2) is 4.98 Å². The van der Waals surface area contributed by atoms with E-state index in [1.165, 1.54) is 22.7 Å². The van der Waals surface area contributed by atoms with Crippen LogP contribution in [-0.2, 0) is 4.79 Å². The van der Waals surface area contributed by atoms with Crippen molar-refractivity contribution in [2.24, 2.45) is 28.1 Å². The molecule has 1 aromatic carbocycles. The summed E-state index contributed by atoms with van der Waals surface area (Å²) < 4.78 is 1.07. The summed E-state index contributed by atoms with van der Waals surface area (Å²) in [4.78, 5) is 50.1. The molecule has 7 N–H and O–H groups in total. The van der Waals surface area contributed by atoms with Crippen molar-refractivity contribution < 1.29 is 14.4 Å². The molecule has 0 aliphatic carbocycles. The molecule has 3 heterocycles. The lowest BCUT2D eigenvalue weighted by molar-refractivity contribution is -0.124. The molecule has 1 aliphatic heterocycles. The highest BCUT2D eigenvalue weighted by molar-refractivity contribution is 7.20. The van der Waals surface area contributed by atoms with Crippen LogP contribution in [0.1, 0.15) is 68.9 Å². The lowest BCUT2D eigenvalue weighted by Gasteiger charge is -2.22. The van der Waals surface area contributed by atoms with Crippen molar-refractivity contribution >= 4 is 56.3 Å². The zero-order valence-electron chi connectivity index (χ0n) is 22.2. The number of aryl methyl sites for hydroxylation is 1. The van der Waals surface area contributed by atoms with Gasteiger partial charge < -0.3 is 27.4 Å². The van der Waals surface area contributed by atoms with Crippen LogP contribution >= 0.6 is 22.7 Å². The van der Waals surface area contributed by atoms with Gasteiger partial charge >= 0.3 is 0 Å². The molecule has 1 aliphatic rings. The Morgan fingerprint density at radius 3 is 2.77 bits per heavy atom. The van der Waals surface area contributed by atoms with Crippen LogP contribution in [0.5, 0.6) is 0 Å². The van der Waals surface area contributed by atoms with Crippen LogP contribution in [0, 0.1) is 12.8 Å². The van der Waals surface area contributed by atoms with Crippen molar-refractivity contribution in [1.29, 1.82) is 0 Å². The van der Waals surface area contributed by atoms with Crippen LogP contribution in [0.4, 0.5) is 0 Å². The summed E-state index contributed by atoms with van der Waals surface area (Å²) in [6, 6.07) is 7.61. The van der Waals surface area contributed by atoms with Gasteiger partial charge in [0.1, 0.15) is 10.7 Å². The molecule has 0 saturated carbocycles. The lowest BCUT2D eigenvalue weighted by atomic mass is 9.94. The summed E-state index contributed by atoms with van der Waals surface area (Å²) in [6.45, 7) is 2.94. The number of guanidine groups is 1. The smallest absolute Gasteiger partial charge is 0.264 e. The molecule has 12 heteroatoms. The molecule has 0 spiro atoms. The third kappa shape index (κ3) is 7.00. The first-order valence-corrected chi connectivity index (χ1v) is 14.7. The number of nitrogens with one attached hydrogen (secondary N) is 1. The normalized spacial score (nSPS) is 17.8. The molecule has 2 aromatic heterocycles. The molecule has 2 amide bonds. The molecule has 3 atom stereocenters. The van der Waals surface area contributed by atoms with Crippen molar-refractivity contribution in [1.82, 2.24) is 15.2 Å². The van der Waals surface area contributed by atoms with E-state index in [2.05, 4.69) is 21.4 Å². The fourth-order valence-electron chi connectivity index (χ4n) is 4.85. The number of nitrogens with two attached hydrogens (primary N) is 3. The van der Waals surface area contributed by atoms with Crippen molar-refractivity contribution in [3.63, 3.8) is 0 Å². The fraction of sp³-hybridized carbons (Fsp3) is 0.444. The first-order valence-electron chi connectivity index (χ1n) is 13.0. The van der Waals surface area contributed by atoms with E-state index in [-0.39, 0.29) is 42.1 Å². The minimum absolute atomic E-state index is 0.0368. The number of Topliss-reactive ketones (excluding diaryl/α,β-unsaturated/α-hetero) is 1. The minimum atomic E-state index is -0.471. The Labute approximate surface area is 235 Å². The topological polar surface area (TPSA) is 170 Å². The fourth-order valence-corrected chi connectivity index (χ4v) is 6.92. The number of fused-ring (bicyclic) bond motifs is 1. The molecule has 208 valence electrons. The number of thiophene rings is 1. The van der Waals surface area contributed by atoms with Crippen molar-refractivity contribution in [2.75, 3.05) is 20.1 Å². The van der Waals surface area contributed by atoms with Gasteiger partial charge in [-0.2, -0.15) is 0 Å².